The zero-order valence-corrected chi connectivity index (χ0v) is 30.6. The Hall–Kier alpha value is -5.26. The highest BCUT2D eigenvalue weighted by Gasteiger charge is 2.96. The minimum atomic E-state index is -9.07. The van der Waals surface area contributed by atoms with Crippen molar-refractivity contribution in [3.05, 3.63) is 48.5 Å². The lowest BCUT2D eigenvalue weighted by Gasteiger charge is -2.42. The summed E-state index contributed by atoms with van der Waals surface area (Å²) in [6.45, 7) is 0. The fourth-order valence-electron chi connectivity index (χ4n) is 4.37. The van der Waals surface area contributed by atoms with Crippen LogP contribution in [0.4, 0.5) is 163 Å². The molecule has 0 aromatic heterocycles. The summed E-state index contributed by atoms with van der Waals surface area (Å²) in [6, 6.07) is 3.94. The van der Waals surface area contributed by atoms with Crippen LogP contribution in [-0.4, -0.2) is 108 Å². The zero-order valence-electron chi connectivity index (χ0n) is 30.6. The van der Waals surface area contributed by atoms with Crippen molar-refractivity contribution in [1.82, 2.24) is 0 Å². The minimum absolute atomic E-state index is 0.149. The summed E-state index contributed by atoms with van der Waals surface area (Å²) < 4.78 is 440. The average molecular weight is 1070 g/mol. The summed E-state index contributed by atoms with van der Waals surface area (Å²) in [5, 5.41) is 6.49. The molecule has 2 aromatic carbocycles. The maximum absolute atomic E-state index is 14.7. The van der Waals surface area contributed by atoms with Gasteiger partial charge in [0.15, 0.2) is 0 Å². The molecule has 38 heteroatoms. The number of benzene rings is 2. The first-order chi connectivity index (χ1) is 29.9. The van der Waals surface area contributed by atoms with E-state index in [1.165, 1.54) is 6.07 Å². The third kappa shape index (κ3) is 8.39. The molecule has 2 aromatic rings. The zero-order chi connectivity index (χ0) is 54.1. The molecular formula is C30H12F32N4O2. The number of hydrogen-bond donors (Lipinski definition) is 2. The van der Waals surface area contributed by atoms with Crippen molar-refractivity contribution in [2.24, 2.45) is 10.2 Å². The van der Waals surface area contributed by atoms with Gasteiger partial charge in [0.1, 0.15) is 5.69 Å². The monoisotopic (exact) mass is 1070 g/mol. The number of amides is 2. The highest BCUT2D eigenvalue weighted by molar-refractivity contribution is 6.01. The van der Waals surface area contributed by atoms with Crippen LogP contribution in [0.25, 0.3) is 0 Å². The topological polar surface area (TPSA) is 82.9 Å². The Kier molecular flexibility index (Phi) is 15.0. The number of alkyl halides is 32. The average Bonchev–Trinajstić information content (AvgIpc) is 3.19. The molecule has 0 atom stereocenters. The molecule has 0 spiro atoms. The Bertz CT molecular complexity index is 2190. The fraction of sp³-hybridized carbons (Fsp3) is 0.533. The molecule has 2 N–H and O–H groups in total. The SMILES string of the molecule is O=C(Nc1ccc(N=Nc2ccccc2)c(NC(=O)C(F)(F)C(F)(F)C(F)(F)C(F)(F)C(F)(F)C(F)(F)C(F)(F)C(F)F)c1)C(F)(F)C(F)(F)C(F)(F)C(F)(F)C(F)(F)C(F)(F)C(F)(F)C(F)F. The van der Waals surface area contributed by atoms with Crippen LogP contribution < -0.4 is 10.6 Å². The van der Waals surface area contributed by atoms with Crippen LogP contribution in [0.3, 0.4) is 0 Å². The van der Waals surface area contributed by atoms with E-state index in [1.54, 1.807) is 0 Å². The van der Waals surface area contributed by atoms with Gasteiger partial charge in [0.05, 0.1) is 11.4 Å². The van der Waals surface area contributed by atoms with Gasteiger partial charge in [-0.2, -0.15) is 128 Å². The number of anilines is 2. The van der Waals surface area contributed by atoms with E-state index >= 15 is 0 Å². The Morgan fingerprint density at radius 3 is 1.03 bits per heavy atom. The number of rotatable bonds is 20. The molecule has 0 aliphatic heterocycles. The molecule has 2 rings (SSSR count). The molecule has 0 heterocycles. The Labute approximate surface area is 350 Å². The first kappa shape index (κ1) is 58.9. The van der Waals surface area contributed by atoms with Crippen LogP contribution in [0.2, 0.25) is 0 Å². The Balaban J connectivity index is 2.76. The van der Waals surface area contributed by atoms with Crippen molar-refractivity contribution in [3.8, 4) is 0 Å². The second-order valence-electron chi connectivity index (χ2n) is 12.9. The summed E-state index contributed by atoms with van der Waals surface area (Å²) >= 11 is 0. The van der Waals surface area contributed by atoms with Gasteiger partial charge in [0.25, 0.3) is 0 Å². The van der Waals surface area contributed by atoms with Crippen molar-refractivity contribution in [2.45, 2.75) is 95.8 Å². The minimum Gasteiger partial charge on any atom is -0.321 e. The second-order valence-corrected chi connectivity index (χ2v) is 12.9. The van der Waals surface area contributed by atoms with E-state index in [0.717, 1.165) is 24.3 Å². The van der Waals surface area contributed by atoms with E-state index in [9.17, 15) is 150 Å². The van der Waals surface area contributed by atoms with Crippen LogP contribution >= 0.6 is 0 Å². The molecule has 0 saturated heterocycles. The molecule has 0 saturated carbocycles. The van der Waals surface area contributed by atoms with E-state index in [4.69, 9.17) is 0 Å². The van der Waals surface area contributed by atoms with Gasteiger partial charge in [-0.25, -0.2) is 17.6 Å². The van der Waals surface area contributed by atoms with Crippen LogP contribution in [0.1, 0.15) is 0 Å². The molecule has 0 aliphatic carbocycles. The third-order valence-electron chi connectivity index (χ3n) is 8.43. The van der Waals surface area contributed by atoms with Gasteiger partial charge in [0, 0.05) is 5.69 Å². The maximum Gasteiger partial charge on any atom is 0.393 e. The molecular weight excluding hydrogens is 1060 g/mol. The van der Waals surface area contributed by atoms with Crippen molar-refractivity contribution >= 4 is 34.6 Å². The number of hydrogen-bond acceptors (Lipinski definition) is 4. The van der Waals surface area contributed by atoms with E-state index in [1.807, 2.05) is 0 Å². The maximum atomic E-state index is 14.7. The number of nitrogens with zero attached hydrogens (tertiary/aromatic N) is 2. The third-order valence-corrected chi connectivity index (χ3v) is 8.43. The first-order valence-electron chi connectivity index (χ1n) is 15.9. The molecule has 0 radical (unpaired) electrons. The molecule has 0 fully saturated rings. The van der Waals surface area contributed by atoms with E-state index in [0.29, 0.717) is 0 Å². The van der Waals surface area contributed by atoms with E-state index in [-0.39, 0.29) is 22.8 Å². The highest BCUT2D eigenvalue weighted by Crippen LogP contribution is 2.65. The van der Waals surface area contributed by atoms with E-state index in [2.05, 4.69) is 10.2 Å². The van der Waals surface area contributed by atoms with Crippen LogP contribution in [0, 0.1) is 0 Å². The van der Waals surface area contributed by atoms with Crippen LogP contribution in [-0.2, 0) is 9.59 Å². The summed E-state index contributed by atoms with van der Waals surface area (Å²) in [4.78, 5) is 24.3. The van der Waals surface area contributed by atoms with Gasteiger partial charge in [0.2, 0.25) is 0 Å². The van der Waals surface area contributed by atoms with Crippen molar-refractivity contribution < 1.29 is 150 Å². The lowest BCUT2D eigenvalue weighted by atomic mass is 9.89. The molecule has 0 bridgehead atoms. The summed E-state index contributed by atoms with van der Waals surface area (Å²) in [7, 11) is 0. The summed E-state index contributed by atoms with van der Waals surface area (Å²) in [5.41, 5.74) is -6.43. The number of halogens is 32. The van der Waals surface area contributed by atoms with Gasteiger partial charge in [-0.3, -0.25) is 9.59 Å². The highest BCUT2D eigenvalue weighted by atomic mass is 19.4. The Morgan fingerprint density at radius 1 is 0.382 bits per heavy atom. The molecule has 0 aliphatic rings. The van der Waals surface area contributed by atoms with Gasteiger partial charge in [-0.15, -0.1) is 5.11 Å². The number of carbonyl (C=O) groups is 2. The first-order valence-corrected chi connectivity index (χ1v) is 15.9. The second kappa shape index (κ2) is 17.3. The Morgan fingerprint density at radius 2 is 0.691 bits per heavy atom. The predicted molar refractivity (Wildman–Crippen MR) is 156 cm³/mol. The van der Waals surface area contributed by atoms with Crippen LogP contribution in [0.15, 0.2) is 58.8 Å². The van der Waals surface area contributed by atoms with Crippen LogP contribution in [0.5, 0.6) is 0 Å². The quantitative estimate of drug-likeness (QED) is 0.102. The van der Waals surface area contributed by atoms with Crippen molar-refractivity contribution in [2.75, 3.05) is 10.6 Å². The summed E-state index contributed by atoms with van der Waals surface area (Å²) in [5.74, 6) is -129. The van der Waals surface area contributed by atoms with Gasteiger partial charge < -0.3 is 10.6 Å². The standard InChI is InChI=1S/C30H12F32N4O2/c31-13(32)17(35,36)21(43,44)25(51,52)29(59,60)27(55,56)23(47,48)19(39,40)15(67)63-10-6-7-11(66-65-9-4-2-1-3-5-9)12(8-10)64-16(68)20(41,42)24(49,50)28(57,58)30(61,62)26(53,54)22(45,46)18(37,38)14(33)34/h1-8,13-14H,(H,63,67)(H,64,68). The summed E-state index contributed by atoms with van der Waals surface area (Å²) in [6.07, 6.45) is -12.5. The molecule has 388 valence electrons. The fourth-order valence-corrected chi connectivity index (χ4v) is 4.37. The van der Waals surface area contributed by atoms with Gasteiger partial charge in [-0.05, 0) is 30.3 Å². The molecule has 0 unspecified atom stereocenters. The molecule has 2 amide bonds. The van der Waals surface area contributed by atoms with E-state index < -0.39 is 136 Å². The van der Waals surface area contributed by atoms with Crippen molar-refractivity contribution in [3.63, 3.8) is 0 Å². The number of azo groups is 1. The number of carbonyl (C=O) groups excluding carboxylic acids is 2. The predicted octanol–water partition coefficient (Wildman–Crippen LogP) is 13.4. The van der Waals surface area contributed by atoms with Crippen molar-refractivity contribution in [1.29, 1.82) is 0 Å². The lowest BCUT2D eigenvalue weighted by Crippen LogP contribution is -2.74. The van der Waals surface area contributed by atoms with Gasteiger partial charge in [-0.1, -0.05) is 18.2 Å². The normalized spacial score (nSPS) is 15.4. The van der Waals surface area contributed by atoms with Gasteiger partial charge >= 0.3 is 108 Å². The molecule has 68 heavy (non-hydrogen) atoms. The lowest BCUT2D eigenvalue weighted by molar-refractivity contribution is -0.443. The largest absolute Gasteiger partial charge is 0.393 e. The number of nitrogens with one attached hydrogen (secondary N) is 2. The smallest absolute Gasteiger partial charge is 0.321 e. The molecule has 6 nitrogen and oxygen atoms in total.